The van der Waals surface area contributed by atoms with Gasteiger partial charge in [-0.05, 0) is 59.5 Å². The van der Waals surface area contributed by atoms with Crippen LogP contribution in [-0.4, -0.2) is 58.8 Å². The second kappa shape index (κ2) is 7.83. The minimum Gasteiger partial charge on any atom is -0.342 e. The van der Waals surface area contributed by atoms with Gasteiger partial charge in [-0.3, -0.25) is 14.5 Å². The zero-order valence-corrected chi connectivity index (χ0v) is 16.2. The second-order valence-electron chi connectivity index (χ2n) is 7.17. The average Bonchev–Trinajstić information content (AvgIpc) is 3.24. The largest absolute Gasteiger partial charge is 0.342 e. The quantitative estimate of drug-likeness (QED) is 0.891. The Bertz CT molecular complexity index is 612. The number of aryl methyl sites for hydroxylation is 2. The van der Waals surface area contributed by atoms with Crippen LogP contribution in [0.1, 0.15) is 43.2 Å². The lowest BCUT2D eigenvalue weighted by Crippen LogP contribution is -2.48. The third kappa shape index (κ3) is 4.20. The average molecular weight is 365 g/mol. The zero-order chi connectivity index (χ0) is 18.0. The van der Waals surface area contributed by atoms with Gasteiger partial charge in [0.2, 0.25) is 11.8 Å². The summed E-state index contributed by atoms with van der Waals surface area (Å²) in [6, 6.07) is -0.202. The molecule has 1 aromatic rings. The highest BCUT2D eigenvalue weighted by atomic mass is 32.1. The molecule has 2 aliphatic rings. The number of aromatic nitrogens is 1. The van der Waals surface area contributed by atoms with Gasteiger partial charge < -0.3 is 10.2 Å². The molecule has 2 fully saturated rings. The lowest BCUT2D eigenvalue weighted by molar-refractivity contribution is -0.136. The first-order valence-corrected chi connectivity index (χ1v) is 10.0. The first kappa shape index (κ1) is 18.3. The van der Waals surface area contributed by atoms with Crippen LogP contribution in [0.2, 0.25) is 0 Å². The van der Waals surface area contributed by atoms with Crippen LogP contribution < -0.4 is 5.32 Å². The molecule has 0 aromatic carbocycles. The topological polar surface area (TPSA) is 65.5 Å². The number of nitrogens with one attached hydrogen (secondary N) is 1. The number of likely N-dealkylation sites (tertiary alicyclic amines) is 2. The highest BCUT2D eigenvalue weighted by Crippen LogP contribution is 2.25. The molecule has 0 aliphatic carbocycles. The van der Waals surface area contributed by atoms with Gasteiger partial charge in [-0.1, -0.05) is 0 Å². The molecular formula is C18H28N4O2S. The van der Waals surface area contributed by atoms with E-state index in [-0.39, 0.29) is 17.9 Å². The number of carbonyl (C=O) groups is 2. The van der Waals surface area contributed by atoms with Crippen LogP contribution in [0, 0.1) is 19.8 Å². The van der Waals surface area contributed by atoms with Crippen molar-refractivity contribution in [3.8, 4) is 0 Å². The molecule has 7 heteroatoms. The van der Waals surface area contributed by atoms with Gasteiger partial charge in [0.15, 0.2) is 5.13 Å². The molecule has 0 spiro atoms. The Morgan fingerprint density at radius 2 is 1.80 bits per heavy atom. The van der Waals surface area contributed by atoms with Gasteiger partial charge in [-0.2, -0.15) is 0 Å². The molecule has 0 saturated carbocycles. The van der Waals surface area contributed by atoms with Crippen LogP contribution in [0.3, 0.4) is 0 Å². The number of anilines is 1. The molecule has 2 aliphatic heterocycles. The van der Waals surface area contributed by atoms with Crippen LogP contribution in [0.4, 0.5) is 5.13 Å². The number of nitrogens with zero attached hydrogens (tertiary/aromatic N) is 3. The fourth-order valence-electron chi connectivity index (χ4n) is 3.63. The Labute approximate surface area is 153 Å². The summed E-state index contributed by atoms with van der Waals surface area (Å²) in [5, 5.41) is 3.60. The third-order valence-electron chi connectivity index (χ3n) is 5.48. The molecule has 25 heavy (non-hydrogen) atoms. The van der Waals surface area contributed by atoms with Crippen molar-refractivity contribution >= 4 is 28.3 Å². The van der Waals surface area contributed by atoms with Crippen LogP contribution >= 0.6 is 11.3 Å². The van der Waals surface area contributed by atoms with Gasteiger partial charge in [0.25, 0.3) is 0 Å². The van der Waals surface area contributed by atoms with Gasteiger partial charge >= 0.3 is 0 Å². The zero-order valence-electron chi connectivity index (χ0n) is 15.4. The molecular weight excluding hydrogens is 336 g/mol. The Morgan fingerprint density at radius 1 is 1.16 bits per heavy atom. The van der Waals surface area contributed by atoms with Crippen molar-refractivity contribution in [3.05, 3.63) is 10.6 Å². The van der Waals surface area contributed by atoms with E-state index in [2.05, 4.69) is 15.2 Å². The van der Waals surface area contributed by atoms with Crippen LogP contribution in [0.15, 0.2) is 0 Å². The molecule has 2 amide bonds. The Morgan fingerprint density at radius 3 is 2.36 bits per heavy atom. The predicted molar refractivity (Wildman–Crippen MR) is 99.8 cm³/mol. The number of piperidine rings is 1. The normalized spacial score (nSPS) is 20.7. The summed E-state index contributed by atoms with van der Waals surface area (Å²) in [7, 11) is 0. The van der Waals surface area contributed by atoms with Gasteiger partial charge in [0, 0.05) is 23.9 Å². The molecule has 1 aromatic heterocycles. The van der Waals surface area contributed by atoms with E-state index in [1.165, 1.54) is 11.3 Å². The standard InChI is InChI=1S/C18H28N4O2S/c1-12-14(3)25-18(19-12)20-16(23)13(2)21-10-6-15(7-11-21)17(24)22-8-4-5-9-22/h13,15H,4-11H2,1-3H3,(H,19,20,23). The number of rotatable bonds is 4. The smallest absolute Gasteiger partial charge is 0.243 e. The first-order valence-electron chi connectivity index (χ1n) is 9.23. The highest BCUT2D eigenvalue weighted by molar-refractivity contribution is 7.15. The summed E-state index contributed by atoms with van der Waals surface area (Å²) in [6.07, 6.45) is 3.97. The van der Waals surface area contributed by atoms with Crippen molar-refractivity contribution in [2.45, 2.75) is 52.5 Å². The van der Waals surface area contributed by atoms with Crippen LogP contribution in [0.25, 0.3) is 0 Å². The summed E-state index contributed by atoms with van der Waals surface area (Å²) >= 11 is 1.51. The summed E-state index contributed by atoms with van der Waals surface area (Å²) in [6.45, 7) is 9.34. The van der Waals surface area contributed by atoms with Crippen LogP contribution in [0.5, 0.6) is 0 Å². The van der Waals surface area contributed by atoms with Gasteiger partial charge in [-0.15, -0.1) is 11.3 Å². The van der Waals surface area contributed by atoms with Crippen LogP contribution in [-0.2, 0) is 9.59 Å². The van der Waals surface area contributed by atoms with Crippen molar-refractivity contribution in [3.63, 3.8) is 0 Å². The third-order valence-corrected chi connectivity index (χ3v) is 6.47. The molecule has 0 bridgehead atoms. The van der Waals surface area contributed by atoms with Gasteiger partial charge in [-0.25, -0.2) is 4.98 Å². The summed E-state index contributed by atoms with van der Waals surface area (Å²) in [5.41, 5.74) is 0.967. The first-order chi connectivity index (χ1) is 12.0. The summed E-state index contributed by atoms with van der Waals surface area (Å²) < 4.78 is 0. The molecule has 0 radical (unpaired) electrons. The van der Waals surface area contributed by atoms with E-state index < -0.39 is 0 Å². The van der Waals surface area contributed by atoms with E-state index in [4.69, 9.17) is 0 Å². The minimum atomic E-state index is -0.202. The number of carbonyl (C=O) groups excluding carboxylic acids is 2. The Hall–Kier alpha value is -1.47. The molecule has 2 saturated heterocycles. The van der Waals surface area contributed by atoms with Crippen molar-refractivity contribution in [1.82, 2.24) is 14.8 Å². The van der Waals surface area contributed by atoms with E-state index >= 15 is 0 Å². The fraction of sp³-hybridized carbons (Fsp3) is 0.722. The van der Waals surface area contributed by atoms with Crippen molar-refractivity contribution in [2.75, 3.05) is 31.5 Å². The highest BCUT2D eigenvalue weighted by Gasteiger charge is 2.32. The van der Waals surface area contributed by atoms with E-state index in [1.807, 2.05) is 25.7 Å². The molecule has 1 atom stereocenters. The van der Waals surface area contributed by atoms with E-state index in [0.717, 1.165) is 62.4 Å². The summed E-state index contributed by atoms with van der Waals surface area (Å²) in [4.78, 5) is 34.7. The minimum absolute atomic E-state index is 0.0157. The van der Waals surface area contributed by atoms with Crippen molar-refractivity contribution in [2.24, 2.45) is 5.92 Å². The number of hydrogen-bond acceptors (Lipinski definition) is 5. The molecule has 3 heterocycles. The maximum absolute atomic E-state index is 12.5. The number of amides is 2. The van der Waals surface area contributed by atoms with E-state index in [1.54, 1.807) is 0 Å². The molecule has 6 nitrogen and oxygen atoms in total. The second-order valence-corrected chi connectivity index (χ2v) is 8.37. The summed E-state index contributed by atoms with van der Waals surface area (Å²) in [5.74, 6) is 0.440. The lowest BCUT2D eigenvalue weighted by Gasteiger charge is -2.35. The van der Waals surface area contributed by atoms with Gasteiger partial charge in [0.1, 0.15) is 0 Å². The molecule has 1 N–H and O–H groups in total. The monoisotopic (exact) mass is 364 g/mol. The maximum Gasteiger partial charge on any atom is 0.243 e. The fourth-order valence-corrected chi connectivity index (χ4v) is 4.45. The molecule has 138 valence electrons. The SMILES string of the molecule is Cc1nc(NC(=O)C(C)N2CCC(C(=O)N3CCCC3)CC2)sc1C. The van der Waals surface area contributed by atoms with E-state index in [9.17, 15) is 9.59 Å². The van der Waals surface area contributed by atoms with Crippen molar-refractivity contribution in [1.29, 1.82) is 0 Å². The number of thiazole rings is 1. The predicted octanol–water partition coefficient (Wildman–Crippen LogP) is 2.42. The van der Waals surface area contributed by atoms with Gasteiger partial charge in [0.05, 0.1) is 11.7 Å². The maximum atomic E-state index is 12.5. The Balaban J connectivity index is 1.49. The molecule has 3 rings (SSSR count). The van der Waals surface area contributed by atoms with Crippen molar-refractivity contribution < 1.29 is 9.59 Å². The molecule has 1 unspecified atom stereocenters. The Kier molecular flexibility index (Phi) is 5.74. The number of hydrogen-bond donors (Lipinski definition) is 1. The lowest BCUT2D eigenvalue weighted by atomic mass is 9.94. The van der Waals surface area contributed by atoms with E-state index in [0.29, 0.717) is 11.0 Å².